The molecule has 5 rings (SSSR count). The zero-order valence-electron chi connectivity index (χ0n) is 24.2. The number of carbonyl (C=O) groups excluding carboxylic acids is 1. The van der Waals surface area contributed by atoms with Crippen molar-refractivity contribution in [2.24, 2.45) is 0 Å². The summed E-state index contributed by atoms with van der Waals surface area (Å²) in [6.07, 6.45) is 12.3. The highest BCUT2D eigenvalue weighted by Gasteiger charge is 2.34. The Morgan fingerprint density at radius 1 is 0.833 bits per heavy atom. The van der Waals surface area contributed by atoms with Crippen molar-refractivity contribution in [1.29, 1.82) is 0 Å². The molecular formula is C32H41N3O5S2. The fourth-order valence-electron chi connectivity index (χ4n) is 6.15. The molecule has 10 heteroatoms. The average molecular weight is 612 g/mol. The minimum Gasteiger partial charge on any atom is -0.354 e. The summed E-state index contributed by atoms with van der Waals surface area (Å²) in [4.78, 5) is 16.4. The Bertz CT molecular complexity index is 1620. The minimum atomic E-state index is -3.91. The Hall–Kier alpha value is -2.95. The summed E-state index contributed by atoms with van der Waals surface area (Å²) in [5.41, 5.74) is 3.70. The number of benzene rings is 2. The van der Waals surface area contributed by atoms with Crippen molar-refractivity contribution in [2.45, 2.75) is 104 Å². The number of aromatic amines is 1. The van der Waals surface area contributed by atoms with Crippen molar-refractivity contribution in [3.8, 4) is 0 Å². The van der Waals surface area contributed by atoms with Gasteiger partial charge in [0.05, 0.1) is 20.4 Å². The number of fused-ring (bicyclic) bond motifs is 1. The molecule has 1 aliphatic carbocycles. The van der Waals surface area contributed by atoms with Gasteiger partial charge in [0.2, 0.25) is 9.84 Å². The first-order valence-corrected chi connectivity index (χ1v) is 18.2. The van der Waals surface area contributed by atoms with Crippen LogP contribution in [-0.4, -0.2) is 39.0 Å². The molecule has 2 aromatic carbocycles. The third-order valence-corrected chi connectivity index (χ3v) is 12.3. The van der Waals surface area contributed by atoms with Gasteiger partial charge in [0, 0.05) is 30.7 Å². The highest BCUT2D eigenvalue weighted by molar-refractivity contribution is 7.92. The SMILES string of the molecule is CCS(=O)(=O)c1cccc(S(=O)(=O)c2ccc(CNC(=O)c3cc4c([nH]3)CC3(CCCCCCCCC3)NC4)cc2)c1. The van der Waals surface area contributed by atoms with Crippen molar-refractivity contribution in [3.05, 3.63) is 77.1 Å². The number of hydrogen-bond acceptors (Lipinski definition) is 6. The third kappa shape index (κ3) is 6.82. The van der Waals surface area contributed by atoms with Crippen molar-refractivity contribution >= 4 is 25.6 Å². The zero-order chi connectivity index (χ0) is 29.8. The van der Waals surface area contributed by atoms with Gasteiger partial charge in [0.1, 0.15) is 5.69 Å². The topological polar surface area (TPSA) is 125 Å². The Kier molecular flexibility index (Phi) is 9.25. The van der Waals surface area contributed by atoms with Gasteiger partial charge in [0.25, 0.3) is 5.91 Å². The van der Waals surface area contributed by atoms with Gasteiger partial charge in [-0.05, 0) is 60.4 Å². The standard InChI is InChI=1S/C32H41N3O5S2/c1-2-41(37,38)27-11-10-12-28(20-27)42(39,40)26-15-13-24(14-16-26)22-33-31(36)29-19-25-23-34-32(21-30(25)35-29)17-8-6-4-3-5-7-9-18-32/h10-16,19-20,34-35H,2-9,17-18,21-23H2,1H3,(H,33,36). The van der Waals surface area contributed by atoms with Gasteiger partial charge in [-0.2, -0.15) is 0 Å². The van der Waals surface area contributed by atoms with Gasteiger partial charge in [-0.1, -0.05) is 70.1 Å². The Balaban J connectivity index is 1.22. The molecule has 1 amide bonds. The highest BCUT2D eigenvalue weighted by Crippen LogP contribution is 2.33. The van der Waals surface area contributed by atoms with E-state index in [1.165, 1.54) is 101 Å². The second-order valence-corrected chi connectivity index (χ2v) is 15.9. The molecule has 0 saturated heterocycles. The van der Waals surface area contributed by atoms with Crippen LogP contribution in [0, 0.1) is 0 Å². The monoisotopic (exact) mass is 611 g/mol. The average Bonchev–Trinajstić information content (AvgIpc) is 3.43. The Labute approximate surface area is 249 Å². The van der Waals surface area contributed by atoms with Gasteiger partial charge in [-0.25, -0.2) is 16.8 Å². The fraction of sp³-hybridized carbons (Fsp3) is 0.469. The van der Waals surface area contributed by atoms with E-state index in [9.17, 15) is 21.6 Å². The first-order chi connectivity index (χ1) is 20.1. The van der Waals surface area contributed by atoms with Crippen molar-refractivity contribution < 1.29 is 21.6 Å². The van der Waals surface area contributed by atoms with Crippen LogP contribution in [-0.2, 0) is 39.2 Å². The van der Waals surface area contributed by atoms with Crippen LogP contribution in [0.25, 0.3) is 0 Å². The number of rotatable bonds is 7. The van der Waals surface area contributed by atoms with Gasteiger partial charge >= 0.3 is 0 Å². The maximum atomic E-state index is 13.2. The molecule has 0 unspecified atom stereocenters. The number of nitrogens with one attached hydrogen (secondary N) is 3. The van der Waals surface area contributed by atoms with E-state index in [1.807, 2.05) is 6.07 Å². The van der Waals surface area contributed by atoms with Crippen molar-refractivity contribution in [1.82, 2.24) is 15.6 Å². The number of hydrogen-bond donors (Lipinski definition) is 3. The van der Waals surface area contributed by atoms with Crippen molar-refractivity contribution in [3.63, 3.8) is 0 Å². The number of aromatic nitrogens is 1. The van der Waals surface area contributed by atoms with E-state index >= 15 is 0 Å². The van der Waals surface area contributed by atoms with Crippen LogP contribution < -0.4 is 10.6 Å². The smallest absolute Gasteiger partial charge is 0.267 e. The van der Waals surface area contributed by atoms with E-state index in [-0.39, 0.29) is 38.4 Å². The summed E-state index contributed by atoms with van der Waals surface area (Å²) in [6, 6.07) is 13.7. The van der Waals surface area contributed by atoms with Crippen LogP contribution in [0.1, 0.15) is 92.0 Å². The number of carbonyl (C=O) groups is 1. The molecule has 0 atom stereocenters. The van der Waals surface area contributed by atoms with Gasteiger partial charge in [-0.15, -0.1) is 0 Å². The summed E-state index contributed by atoms with van der Waals surface area (Å²) in [5.74, 6) is -0.310. The van der Waals surface area contributed by atoms with Gasteiger partial charge in [0.15, 0.2) is 9.84 Å². The molecule has 1 aromatic heterocycles. The molecule has 1 aliphatic heterocycles. The van der Waals surface area contributed by atoms with E-state index in [2.05, 4.69) is 15.6 Å². The van der Waals surface area contributed by atoms with E-state index in [0.717, 1.165) is 29.8 Å². The number of amides is 1. The van der Waals surface area contributed by atoms with Crippen LogP contribution in [0.2, 0.25) is 0 Å². The minimum absolute atomic E-state index is 0.0158. The summed E-state index contributed by atoms with van der Waals surface area (Å²) in [6.45, 7) is 2.53. The van der Waals surface area contributed by atoms with E-state index < -0.39 is 19.7 Å². The highest BCUT2D eigenvalue weighted by atomic mass is 32.2. The van der Waals surface area contributed by atoms with Crippen LogP contribution in [0.3, 0.4) is 0 Å². The number of sulfone groups is 2. The maximum absolute atomic E-state index is 13.2. The van der Waals surface area contributed by atoms with Crippen LogP contribution in [0.4, 0.5) is 0 Å². The lowest BCUT2D eigenvalue weighted by Crippen LogP contribution is -2.49. The Morgan fingerprint density at radius 3 is 2.14 bits per heavy atom. The van der Waals surface area contributed by atoms with E-state index in [0.29, 0.717) is 5.69 Å². The lowest BCUT2D eigenvalue weighted by Gasteiger charge is -2.39. The molecule has 0 bridgehead atoms. The quantitative estimate of drug-likeness (QED) is 0.325. The molecule has 226 valence electrons. The predicted octanol–water partition coefficient (Wildman–Crippen LogP) is 5.48. The molecule has 1 spiro atoms. The molecule has 3 aromatic rings. The van der Waals surface area contributed by atoms with E-state index in [1.54, 1.807) is 12.1 Å². The lowest BCUT2D eigenvalue weighted by atomic mass is 9.79. The zero-order valence-corrected chi connectivity index (χ0v) is 25.9. The van der Waals surface area contributed by atoms with Crippen molar-refractivity contribution in [2.75, 3.05) is 5.75 Å². The molecule has 3 N–H and O–H groups in total. The summed E-state index contributed by atoms with van der Waals surface area (Å²) in [7, 11) is -7.44. The van der Waals surface area contributed by atoms with Gasteiger partial charge in [-0.3, -0.25) is 4.79 Å². The van der Waals surface area contributed by atoms with E-state index in [4.69, 9.17) is 0 Å². The molecule has 42 heavy (non-hydrogen) atoms. The normalized spacial score (nSPS) is 17.8. The molecule has 2 heterocycles. The summed E-state index contributed by atoms with van der Waals surface area (Å²) < 4.78 is 50.8. The lowest BCUT2D eigenvalue weighted by molar-refractivity contribution is 0.0946. The number of H-pyrrole nitrogens is 1. The van der Waals surface area contributed by atoms with Crippen LogP contribution in [0.15, 0.2) is 69.3 Å². The molecule has 1 saturated carbocycles. The molecule has 1 fully saturated rings. The van der Waals surface area contributed by atoms with Crippen LogP contribution in [0.5, 0.6) is 0 Å². The second kappa shape index (κ2) is 12.7. The Morgan fingerprint density at radius 2 is 1.48 bits per heavy atom. The summed E-state index contributed by atoms with van der Waals surface area (Å²) >= 11 is 0. The first-order valence-electron chi connectivity index (χ1n) is 15.0. The van der Waals surface area contributed by atoms with Gasteiger partial charge < -0.3 is 15.6 Å². The predicted molar refractivity (Wildman–Crippen MR) is 163 cm³/mol. The second-order valence-electron chi connectivity index (χ2n) is 11.7. The summed E-state index contributed by atoms with van der Waals surface area (Å²) in [5, 5.41) is 6.77. The molecular weight excluding hydrogens is 571 g/mol. The van der Waals surface area contributed by atoms with Crippen LogP contribution >= 0.6 is 0 Å². The first kappa shape index (κ1) is 30.5. The largest absolute Gasteiger partial charge is 0.354 e. The molecule has 8 nitrogen and oxygen atoms in total. The third-order valence-electron chi connectivity index (χ3n) is 8.76. The molecule has 0 radical (unpaired) electrons. The molecule has 2 aliphatic rings. The fourth-order valence-corrected chi connectivity index (χ4v) is 8.46. The maximum Gasteiger partial charge on any atom is 0.267 e.